The van der Waals surface area contributed by atoms with Crippen molar-refractivity contribution in [1.82, 2.24) is 4.90 Å². The van der Waals surface area contributed by atoms with E-state index in [-0.39, 0.29) is 0 Å². The average molecular weight is 204 g/mol. The SMILES string of the molecule is CN(C)C(C)(C)C(F)(F)C(F)Cl. The Bertz CT molecular complexity index is 139. The minimum Gasteiger partial charge on any atom is -0.299 e. The van der Waals surface area contributed by atoms with Gasteiger partial charge in [0.2, 0.25) is 5.63 Å². The molecule has 0 aromatic heterocycles. The van der Waals surface area contributed by atoms with Crippen molar-refractivity contribution in [3.63, 3.8) is 0 Å². The Hall–Kier alpha value is 0.0400. The van der Waals surface area contributed by atoms with Crippen LogP contribution in [0.3, 0.4) is 0 Å². The molecule has 1 unspecified atom stereocenters. The van der Waals surface area contributed by atoms with Crippen LogP contribution in [-0.4, -0.2) is 36.1 Å². The van der Waals surface area contributed by atoms with Gasteiger partial charge in [0.25, 0.3) is 0 Å². The van der Waals surface area contributed by atoms with Crippen molar-refractivity contribution >= 4 is 11.6 Å². The van der Waals surface area contributed by atoms with Crippen LogP contribution in [0.2, 0.25) is 0 Å². The van der Waals surface area contributed by atoms with Crippen molar-refractivity contribution in [3.05, 3.63) is 0 Å². The molecule has 12 heavy (non-hydrogen) atoms. The minimum absolute atomic E-state index is 1.24. The molecule has 1 atom stereocenters. The van der Waals surface area contributed by atoms with Gasteiger partial charge in [0.1, 0.15) is 0 Å². The topological polar surface area (TPSA) is 3.24 Å². The van der Waals surface area contributed by atoms with Crippen LogP contribution < -0.4 is 0 Å². The van der Waals surface area contributed by atoms with E-state index < -0.39 is 17.1 Å². The molecule has 0 amide bonds. The minimum atomic E-state index is -3.56. The lowest BCUT2D eigenvalue weighted by molar-refractivity contribution is -0.140. The lowest BCUT2D eigenvalue weighted by Crippen LogP contribution is -2.56. The zero-order valence-electron chi connectivity index (χ0n) is 7.54. The maximum atomic E-state index is 13.0. The number of alkyl halides is 4. The van der Waals surface area contributed by atoms with E-state index in [0.717, 1.165) is 0 Å². The van der Waals surface area contributed by atoms with Crippen LogP contribution in [0.5, 0.6) is 0 Å². The van der Waals surface area contributed by atoms with E-state index in [0.29, 0.717) is 0 Å². The van der Waals surface area contributed by atoms with E-state index in [2.05, 4.69) is 0 Å². The van der Waals surface area contributed by atoms with Gasteiger partial charge in [-0.25, -0.2) is 4.39 Å². The van der Waals surface area contributed by atoms with E-state index in [9.17, 15) is 13.2 Å². The lowest BCUT2D eigenvalue weighted by Gasteiger charge is -2.39. The maximum absolute atomic E-state index is 13.0. The smallest absolute Gasteiger partial charge is 0.299 e. The van der Waals surface area contributed by atoms with Crippen LogP contribution in [0.25, 0.3) is 0 Å². The van der Waals surface area contributed by atoms with Crippen molar-refractivity contribution in [3.8, 4) is 0 Å². The van der Waals surface area contributed by atoms with Crippen LogP contribution in [-0.2, 0) is 0 Å². The molecule has 0 N–H and O–H groups in total. The number of hydrogen-bond donors (Lipinski definition) is 0. The first kappa shape index (κ1) is 12.0. The third kappa shape index (κ3) is 1.85. The summed E-state index contributed by atoms with van der Waals surface area (Å²) in [5.74, 6) is -3.56. The first-order chi connectivity index (χ1) is 5.14. The van der Waals surface area contributed by atoms with Crippen LogP contribution in [0, 0.1) is 0 Å². The van der Waals surface area contributed by atoms with Gasteiger partial charge in [-0.1, -0.05) is 11.6 Å². The molecule has 74 valence electrons. The number of rotatable bonds is 3. The Morgan fingerprint density at radius 2 is 1.58 bits per heavy atom. The van der Waals surface area contributed by atoms with Gasteiger partial charge in [0.15, 0.2) is 0 Å². The molecule has 0 heterocycles. The van der Waals surface area contributed by atoms with E-state index in [1.165, 1.54) is 32.8 Å². The van der Waals surface area contributed by atoms with Crippen molar-refractivity contribution in [1.29, 1.82) is 0 Å². The molecule has 0 radical (unpaired) electrons. The van der Waals surface area contributed by atoms with E-state index >= 15 is 0 Å². The van der Waals surface area contributed by atoms with E-state index in [1.807, 2.05) is 0 Å². The molecule has 0 fully saturated rings. The summed E-state index contributed by atoms with van der Waals surface area (Å²) < 4.78 is 38.4. The predicted molar refractivity (Wildman–Crippen MR) is 43.5 cm³/mol. The third-order valence-corrected chi connectivity index (χ3v) is 2.48. The molecular weight excluding hydrogens is 191 g/mol. The zero-order chi connectivity index (χ0) is 10.2. The molecule has 0 aromatic rings. The van der Waals surface area contributed by atoms with Gasteiger partial charge in [0.05, 0.1) is 5.54 Å². The van der Waals surface area contributed by atoms with Gasteiger partial charge in [-0.05, 0) is 27.9 Å². The van der Waals surface area contributed by atoms with Gasteiger partial charge in [-0.3, -0.25) is 4.90 Å². The van der Waals surface area contributed by atoms with Gasteiger partial charge >= 0.3 is 5.92 Å². The van der Waals surface area contributed by atoms with E-state index in [4.69, 9.17) is 11.6 Å². The Morgan fingerprint density at radius 1 is 1.25 bits per heavy atom. The first-order valence-electron chi connectivity index (χ1n) is 3.47. The summed E-state index contributed by atoms with van der Waals surface area (Å²) in [6.07, 6.45) is 0. The second-order valence-corrected chi connectivity index (χ2v) is 3.76. The standard InChI is InChI=1S/C7H13ClF3N/c1-6(2,12(3)4)7(10,11)5(8)9/h5H,1-4H3. The van der Waals surface area contributed by atoms with Gasteiger partial charge < -0.3 is 0 Å². The normalized spacial score (nSPS) is 16.8. The van der Waals surface area contributed by atoms with Gasteiger partial charge in [0, 0.05) is 0 Å². The predicted octanol–water partition coefficient (Wildman–Crippen LogP) is 2.50. The van der Waals surface area contributed by atoms with E-state index in [1.54, 1.807) is 0 Å². The summed E-state index contributed by atoms with van der Waals surface area (Å²) >= 11 is 4.75. The molecule has 0 saturated carbocycles. The molecular formula is C7H13ClF3N. The molecule has 0 aliphatic rings. The third-order valence-electron chi connectivity index (χ3n) is 2.21. The van der Waals surface area contributed by atoms with Crippen LogP contribution in [0.4, 0.5) is 13.2 Å². The summed E-state index contributed by atoms with van der Waals surface area (Å²) in [7, 11) is 2.90. The Kier molecular flexibility index (Phi) is 3.43. The molecule has 0 bridgehead atoms. The molecule has 0 aliphatic heterocycles. The Morgan fingerprint density at radius 3 is 1.67 bits per heavy atom. The zero-order valence-corrected chi connectivity index (χ0v) is 8.29. The molecule has 5 heteroatoms. The summed E-state index contributed by atoms with van der Waals surface area (Å²) in [4.78, 5) is 1.24. The fourth-order valence-electron chi connectivity index (χ4n) is 0.565. The molecule has 0 saturated heterocycles. The molecule has 0 rings (SSSR count). The van der Waals surface area contributed by atoms with Gasteiger partial charge in [-0.15, -0.1) is 0 Å². The second-order valence-electron chi connectivity index (χ2n) is 3.38. The molecule has 0 aromatic carbocycles. The monoisotopic (exact) mass is 203 g/mol. The number of halogens is 4. The number of hydrogen-bond acceptors (Lipinski definition) is 1. The quantitative estimate of drug-likeness (QED) is 0.637. The Labute approximate surface area is 75.5 Å². The van der Waals surface area contributed by atoms with Crippen LogP contribution in [0.15, 0.2) is 0 Å². The Balaban J connectivity index is 4.75. The van der Waals surface area contributed by atoms with Crippen molar-refractivity contribution < 1.29 is 13.2 Å². The first-order valence-corrected chi connectivity index (χ1v) is 3.91. The van der Waals surface area contributed by atoms with Crippen molar-refractivity contribution in [2.45, 2.75) is 30.9 Å². The molecule has 0 spiro atoms. The molecule has 1 nitrogen and oxygen atoms in total. The summed E-state index contributed by atoms with van der Waals surface area (Å²) in [5, 5.41) is 0. The average Bonchev–Trinajstić information content (AvgIpc) is 1.86. The highest BCUT2D eigenvalue weighted by Gasteiger charge is 2.54. The summed E-state index contributed by atoms with van der Waals surface area (Å²) in [5.41, 5.74) is -4.25. The highest BCUT2D eigenvalue weighted by Crippen LogP contribution is 2.38. The fourth-order valence-corrected chi connectivity index (χ4v) is 0.832. The van der Waals surface area contributed by atoms with Crippen molar-refractivity contribution in [2.75, 3.05) is 14.1 Å². The van der Waals surface area contributed by atoms with Gasteiger partial charge in [-0.2, -0.15) is 8.78 Å². The summed E-state index contributed by atoms with van der Waals surface area (Å²) in [6.45, 7) is 2.48. The second kappa shape index (κ2) is 3.42. The molecule has 0 aliphatic carbocycles. The maximum Gasteiger partial charge on any atom is 0.309 e. The largest absolute Gasteiger partial charge is 0.309 e. The van der Waals surface area contributed by atoms with Crippen molar-refractivity contribution in [2.24, 2.45) is 0 Å². The van der Waals surface area contributed by atoms with Crippen LogP contribution >= 0.6 is 11.6 Å². The fraction of sp³-hybridized carbons (Fsp3) is 1.00. The lowest BCUT2D eigenvalue weighted by atomic mass is 9.95. The van der Waals surface area contributed by atoms with Crippen LogP contribution in [0.1, 0.15) is 13.8 Å². The summed E-state index contributed by atoms with van der Waals surface area (Å²) in [6, 6.07) is 0. The highest BCUT2D eigenvalue weighted by molar-refractivity contribution is 6.20. The highest BCUT2D eigenvalue weighted by atomic mass is 35.5. The number of nitrogens with zero attached hydrogens (tertiary/aromatic N) is 1.